The van der Waals surface area contributed by atoms with Gasteiger partial charge in [-0.25, -0.2) is 0 Å². The number of rotatable bonds is 7. The van der Waals surface area contributed by atoms with Crippen molar-refractivity contribution in [3.05, 3.63) is 35.4 Å². The van der Waals surface area contributed by atoms with E-state index < -0.39 is 0 Å². The molecule has 2 heteroatoms. The molecule has 0 spiro atoms. The molecule has 2 nitrogen and oxygen atoms in total. The Balaban J connectivity index is 2.42. The highest BCUT2D eigenvalue weighted by molar-refractivity contribution is 5.25. The van der Waals surface area contributed by atoms with Gasteiger partial charge >= 0.3 is 0 Å². The van der Waals surface area contributed by atoms with Gasteiger partial charge in [-0.2, -0.15) is 0 Å². The van der Waals surface area contributed by atoms with Crippen LogP contribution in [0.5, 0.6) is 0 Å². The van der Waals surface area contributed by atoms with Crippen molar-refractivity contribution in [3.8, 4) is 0 Å². The van der Waals surface area contributed by atoms with Crippen molar-refractivity contribution in [1.82, 2.24) is 0 Å². The van der Waals surface area contributed by atoms with E-state index in [2.05, 4.69) is 38.1 Å². The third kappa shape index (κ3) is 5.19. The van der Waals surface area contributed by atoms with Crippen molar-refractivity contribution in [2.75, 3.05) is 7.11 Å². The third-order valence-electron chi connectivity index (χ3n) is 3.43. The third-order valence-corrected chi connectivity index (χ3v) is 3.43. The Bertz CT molecular complexity index is 329. The van der Waals surface area contributed by atoms with Crippen molar-refractivity contribution in [1.29, 1.82) is 0 Å². The van der Waals surface area contributed by atoms with Crippen LogP contribution in [0.4, 0.5) is 0 Å². The van der Waals surface area contributed by atoms with Crippen LogP contribution in [0.3, 0.4) is 0 Å². The van der Waals surface area contributed by atoms with Gasteiger partial charge in [0.05, 0.1) is 12.2 Å². The molecule has 0 saturated carbocycles. The van der Waals surface area contributed by atoms with Gasteiger partial charge in [-0.05, 0) is 43.2 Å². The maximum absolute atomic E-state index is 9.97. The summed E-state index contributed by atoms with van der Waals surface area (Å²) in [7, 11) is 1.71. The predicted octanol–water partition coefficient (Wildman–Crippen LogP) is 3.53. The van der Waals surface area contributed by atoms with Crippen LogP contribution < -0.4 is 0 Å². The monoisotopic (exact) mass is 250 g/mol. The summed E-state index contributed by atoms with van der Waals surface area (Å²) in [6.45, 7) is 6.41. The summed E-state index contributed by atoms with van der Waals surface area (Å²) in [6, 6.07) is 8.56. The molecule has 0 heterocycles. The minimum atomic E-state index is -0.271. The second-order valence-corrected chi connectivity index (χ2v) is 5.38. The summed E-state index contributed by atoms with van der Waals surface area (Å²) in [5, 5.41) is 9.97. The van der Waals surface area contributed by atoms with E-state index in [4.69, 9.17) is 4.74 Å². The number of aliphatic hydroxyl groups excluding tert-OH is 1. The molecule has 0 aliphatic carbocycles. The molecule has 1 N–H and O–H groups in total. The molecular weight excluding hydrogens is 224 g/mol. The van der Waals surface area contributed by atoms with Gasteiger partial charge < -0.3 is 9.84 Å². The number of ether oxygens (including phenoxy) is 1. The minimum absolute atomic E-state index is 0.225. The highest BCUT2D eigenvalue weighted by Crippen LogP contribution is 2.16. The van der Waals surface area contributed by atoms with E-state index in [0.29, 0.717) is 5.92 Å². The summed E-state index contributed by atoms with van der Waals surface area (Å²) in [4.78, 5) is 0. The number of hydrogen-bond acceptors (Lipinski definition) is 2. The lowest BCUT2D eigenvalue weighted by Crippen LogP contribution is -2.14. The van der Waals surface area contributed by atoms with Crippen molar-refractivity contribution in [2.24, 2.45) is 0 Å². The molecule has 1 aromatic rings. The second kappa shape index (κ2) is 7.55. The van der Waals surface area contributed by atoms with Crippen LogP contribution in [0.25, 0.3) is 0 Å². The summed E-state index contributed by atoms with van der Waals surface area (Å²) in [5.41, 5.74) is 2.55. The Morgan fingerprint density at radius 3 is 2.17 bits per heavy atom. The summed E-state index contributed by atoms with van der Waals surface area (Å²) < 4.78 is 5.18. The molecule has 0 bridgehead atoms. The van der Waals surface area contributed by atoms with Crippen LogP contribution >= 0.6 is 0 Å². The normalized spacial score (nSPS) is 14.8. The van der Waals surface area contributed by atoms with E-state index in [1.54, 1.807) is 7.11 Å². The molecule has 0 saturated heterocycles. The molecule has 0 amide bonds. The molecule has 1 rings (SSSR count). The molecule has 0 aromatic heterocycles. The number of methoxy groups -OCH3 is 1. The predicted molar refractivity (Wildman–Crippen MR) is 75.9 cm³/mol. The van der Waals surface area contributed by atoms with Gasteiger partial charge in [0.2, 0.25) is 0 Å². The smallest absolute Gasteiger partial charge is 0.0581 e. The second-order valence-electron chi connectivity index (χ2n) is 5.38. The summed E-state index contributed by atoms with van der Waals surface area (Å²) >= 11 is 0. The van der Waals surface area contributed by atoms with Crippen LogP contribution in [-0.2, 0) is 11.2 Å². The average Bonchev–Trinajstić information content (AvgIpc) is 2.36. The van der Waals surface area contributed by atoms with E-state index in [1.165, 1.54) is 11.1 Å². The van der Waals surface area contributed by atoms with Crippen LogP contribution in [0.2, 0.25) is 0 Å². The number of benzene rings is 1. The Morgan fingerprint density at radius 2 is 1.67 bits per heavy atom. The van der Waals surface area contributed by atoms with E-state index >= 15 is 0 Å². The van der Waals surface area contributed by atoms with Gasteiger partial charge in [-0.1, -0.05) is 38.1 Å². The first-order valence-corrected chi connectivity index (χ1v) is 6.82. The number of aliphatic hydroxyl groups is 1. The van der Waals surface area contributed by atoms with Crippen LogP contribution in [0, 0.1) is 0 Å². The fourth-order valence-electron chi connectivity index (χ4n) is 1.96. The maximum Gasteiger partial charge on any atom is 0.0581 e. The largest absolute Gasteiger partial charge is 0.393 e. The topological polar surface area (TPSA) is 29.5 Å². The Labute approximate surface area is 111 Å². The minimum Gasteiger partial charge on any atom is -0.393 e. The molecule has 2 unspecified atom stereocenters. The fraction of sp³-hybridized carbons (Fsp3) is 0.625. The van der Waals surface area contributed by atoms with Crippen molar-refractivity contribution in [2.45, 2.75) is 58.2 Å². The maximum atomic E-state index is 9.97. The molecule has 18 heavy (non-hydrogen) atoms. The van der Waals surface area contributed by atoms with Gasteiger partial charge in [-0.15, -0.1) is 0 Å². The van der Waals surface area contributed by atoms with Crippen molar-refractivity contribution >= 4 is 0 Å². The lowest BCUT2D eigenvalue weighted by molar-refractivity contribution is 0.0851. The summed E-state index contributed by atoms with van der Waals surface area (Å²) in [5.74, 6) is 0.562. The molecule has 0 aliphatic heterocycles. The van der Waals surface area contributed by atoms with Gasteiger partial charge in [-0.3, -0.25) is 0 Å². The molecule has 1 aromatic carbocycles. The van der Waals surface area contributed by atoms with E-state index in [-0.39, 0.29) is 12.2 Å². The molecule has 102 valence electrons. The zero-order chi connectivity index (χ0) is 13.5. The Morgan fingerprint density at radius 1 is 1.06 bits per heavy atom. The lowest BCUT2D eigenvalue weighted by atomic mass is 9.98. The zero-order valence-electron chi connectivity index (χ0n) is 12.0. The van der Waals surface area contributed by atoms with Gasteiger partial charge in [0, 0.05) is 7.11 Å². The van der Waals surface area contributed by atoms with Crippen molar-refractivity contribution in [3.63, 3.8) is 0 Å². The van der Waals surface area contributed by atoms with Crippen molar-refractivity contribution < 1.29 is 9.84 Å². The van der Waals surface area contributed by atoms with Crippen LogP contribution in [-0.4, -0.2) is 24.4 Å². The SMILES string of the molecule is COC(C)CCC(O)Cc1ccc(C(C)C)cc1. The highest BCUT2D eigenvalue weighted by Gasteiger charge is 2.08. The van der Waals surface area contributed by atoms with Gasteiger partial charge in [0.1, 0.15) is 0 Å². The Hall–Kier alpha value is -0.860. The van der Waals surface area contributed by atoms with E-state index in [0.717, 1.165) is 19.3 Å². The van der Waals surface area contributed by atoms with E-state index in [1.807, 2.05) is 6.92 Å². The lowest BCUT2D eigenvalue weighted by Gasteiger charge is -2.14. The highest BCUT2D eigenvalue weighted by atomic mass is 16.5. The zero-order valence-corrected chi connectivity index (χ0v) is 12.0. The van der Waals surface area contributed by atoms with E-state index in [9.17, 15) is 5.11 Å². The summed E-state index contributed by atoms with van der Waals surface area (Å²) in [6.07, 6.45) is 2.38. The van der Waals surface area contributed by atoms with Gasteiger partial charge in [0.15, 0.2) is 0 Å². The first-order valence-electron chi connectivity index (χ1n) is 6.82. The fourth-order valence-corrected chi connectivity index (χ4v) is 1.96. The molecule has 2 atom stereocenters. The standard InChI is InChI=1S/C16H26O2/c1-12(2)15-8-6-14(7-9-15)11-16(17)10-5-13(3)18-4/h6-9,12-13,16-17H,5,10-11H2,1-4H3. The quantitative estimate of drug-likeness (QED) is 0.802. The first-order chi connectivity index (χ1) is 8.52. The molecular formula is C16H26O2. The first kappa shape index (κ1) is 15.2. The van der Waals surface area contributed by atoms with Crippen LogP contribution in [0.1, 0.15) is 50.7 Å². The number of hydrogen-bond donors (Lipinski definition) is 1. The Kier molecular flexibility index (Phi) is 6.37. The molecule has 0 fully saturated rings. The molecule has 0 radical (unpaired) electrons. The van der Waals surface area contributed by atoms with Gasteiger partial charge in [0.25, 0.3) is 0 Å². The molecule has 0 aliphatic rings. The average molecular weight is 250 g/mol. The van der Waals surface area contributed by atoms with Crippen LogP contribution in [0.15, 0.2) is 24.3 Å².